The van der Waals surface area contributed by atoms with Crippen LogP contribution in [0.15, 0.2) is 47.5 Å². The molecule has 0 radical (unpaired) electrons. The lowest BCUT2D eigenvalue weighted by Crippen LogP contribution is -2.15. The lowest BCUT2D eigenvalue weighted by molar-refractivity contribution is -0.113. The number of hydrogen-bond acceptors (Lipinski definition) is 5. The van der Waals surface area contributed by atoms with Crippen LogP contribution in [0.3, 0.4) is 0 Å². The highest BCUT2D eigenvalue weighted by atomic mass is 32.2. The van der Waals surface area contributed by atoms with Gasteiger partial charge in [0, 0.05) is 11.5 Å². The van der Waals surface area contributed by atoms with E-state index >= 15 is 0 Å². The van der Waals surface area contributed by atoms with Crippen molar-refractivity contribution in [3.63, 3.8) is 0 Å². The fourth-order valence-electron chi connectivity index (χ4n) is 2.83. The number of para-hydroxylation sites is 1. The van der Waals surface area contributed by atoms with E-state index in [2.05, 4.69) is 10.3 Å². The quantitative estimate of drug-likeness (QED) is 0.684. The molecule has 1 N–H and O–H groups in total. The number of thioether (sulfide) groups is 1. The van der Waals surface area contributed by atoms with E-state index in [4.69, 9.17) is 9.47 Å². The number of anilines is 1. The van der Waals surface area contributed by atoms with E-state index < -0.39 is 5.82 Å². The van der Waals surface area contributed by atoms with E-state index in [0.717, 1.165) is 27.2 Å². The average molecular weight is 384 g/mol. The number of hydrogen-bond donors (Lipinski definition) is 1. The van der Waals surface area contributed by atoms with Crippen LogP contribution < -0.4 is 14.8 Å². The minimum Gasteiger partial charge on any atom is -0.486 e. The predicted octanol–water partition coefficient (Wildman–Crippen LogP) is 4.18. The normalized spacial score (nSPS) is 12.8. The molecule has 1 aliphatic rings. The molecule has 0 saturated heterocycles. The van der Waals surface area contributed by atoms with Crippen molar-refractivity contribution in [3.05, 3.63) is 53.8 Å². The average Bonchev–Trinajstić information content (AvgIpc) is 2.66. The van der Waals surface area contributed by atoms with Crippen LogP contribution in [-0.2, 0) is 4.79 Å². The van der Waals surface area contributed by atoms with Gasteiger partial charge in [-0.25, -0.2) is 9.37 Å². The first-order chi connectivity index (χ1) is 13.1. The first-order valence-corrected chi connectivity index (χ1v) is 9.47. The summed E-state index contributed by atoms with van der Waals surface area (Å²) in [6.45, 7) is 3.00. The molecule has 3 aromatic rings. The Labute approximate surface area is 159 Å². The summed E-state index contributed by atoms with van der Waals surface area (Å²) in [6, 6.07) is 11.9. The molecular weight excluding hydrogens is 367 g/mol. The second-order valence-electron chi connectivity index (χ2n) is 6.12. The van der Waals surface area contributed by atoms with Gasteiger partial charge in [-0.1, -0.05) is 23.9 Å². The summed E-state index contributed by atoms with van der Waals surface area (Å²) in [5, 5.41) is 4.29. The Balaban J connectivity index is 1.50. The highest BCUT2D eigenvalue weighted by Crippen LogP contribution is 2.35. The summed E-state index contributed by atoms with van der Waals surface area (Å²) < 4.78 is 24.8. The van der Waals surface area contributed by atoms with E-state index in [0.29, 0.717) is 19.0 Å². The zero-order chi connectivity index (χ0) is 18.8. The largest absolute Gasteiger partial charge is 0.486 e. The summed E-state index contributed by atoms with van der Waals surface area (Å²) in [4.78, 5) is 16.8. The molecule has 2 heterocycles. The van der Waals surface area contributed by atoms with Crippen LogP contribution in [0.25, 0.3) is 10.9 Å². The van der Waals surface area contributed by atoms with Gasteiger partial charge in [-0.2, -0.15) is 0 Å². The topological polar surface area (TPSA) is 60.5 Å². The van der Waals surface area contributed by atoms with E-state index in [-0.39, 0.29) is 17.3 Å². The molecular formula is C20H17FN2O3S. The van der Waals surface area contributed by atoms with E-state index in [1.807, 2.05) is 25.1 Å². The number of nitrogens with one attached hydrogen (secondary N) is 1. The second kappa shape index (κ2) is 7.44. The molecule has 0 atom stereocenters. The molecule has 1 amide bonds. The molecule has 2 aromatic carbocycles. The minimum absolute atomic E-state index is 0.137. The van der Waals surface area contributed by atoms with Crippen LogP contribution >= 0.6 is 11.8 Å². The Hall–Kier alpha value is -2.80. The summed E-state index contributed by atoms with van der Waals surface area (Å²) in [6.07, 6.45) is 0. The number of nitrogens with zero attached hydrogens (tertiary/aromatic N) is 1. The molecule has 0 bridgehead atoms. The molecule has 7 heteroatoms. The van der Waals surface area contributed by atoms with Gasteiger partial charge in [0.25, 0.3) is 0 Å². The lowest BCUT2D eigenvalue weighted by atomic mass is 10.1. The van der Waals surface area contributed by atoms with Crippen molar-refractivity contribution < 1.29 is 18.7 Å². The van der Waals surface area contributed by atoms with Crippen molar-refractivity contribution in [1.82, 2.24) is 4.98 Å². The number of aromatic nitrogens is 1. The van der Waals surface area contributed by atoms with Crippen molar-refractivity contribution in [2.75, 3.05) is 24.3 Å². The summed E-state index contributed by atoms with van der Waals surface area (Å²) in [7, 11) is 0. The van der Waals surface area contributed by atoms with Gasteiger partial charge in [-0.3, -0.25) is 4.79 Å². The number of carbonyl (C=O) groups excluding carboxylic acids is 1. The number of halogens is 1. The fourth-order valence-corrected chi connectivity index (χ4v) is 3.62. The van der Waals surface area contributed by atoms with Crippen LogP contribution in [0.1, 0.15) is 5.56 Å². The second-order valence-corrected chi connectivity index (χ2v) is 7.08. The van der Waals surface area contributed by atoms with Gasteiger partial charge in [0.2, 0.25) is 5.91 Å². The van der Waals surface area contributed by atoms with Crippen molar-refractivity contribution in [2.24, 2.45) is 0 Å². The molecule has 1 aromatic heterocycles. The standard InChI is InChI=1S/C20H17FN2O3S/c1-12-8-13-9-17-18(26-7-6-25-17)10-16(13)23-20(12)27-11-19(24)22-15-5-3-2-4-14(15)21/h2-5,8-10H,6-7,11H2,1H3,(H,22,24). The Kier molecular flexibility index (Phi) is 4.85. The van der Waals surface area contributed by atoms with Crippen molar-refractivity contribution >= 4 is 34.3 Å². The van der Waals surface area contributed by atoms with Gasteiger partial charge >= 0.3 is 0 Å². The van der Waals surface area contributed by atoms with Crippen molar-refractivity contribution in [3.8, 4) is 11.5 Å². The van der Waals surface area contributed by atoms with Crippen LogP contribution in [0.2, 0.25) is 0 Å². The Bertz CT molecular complexity index is 1030. The molecule has 4 rings (SSSR count). The molecule has 27 heavy (non-hydrogen) atoms. The molecule has 1 aliphatic heterocycles. The monoisotopic (exact) mass is 384 g/mol. The number of amides is 1. The van der Waals surface area contributed by atoms with Gasteiger partial charge in [0.15, 0.2) is 11.5 Å². The van der Waals surface area contributed by atoms with Crippen LogP contribution in [0, 0.1) is 12.7 Å². The SMILES string of the molecule is Cc1cc2cc3c(cc2nc1SCC(=O)Nc1ccccc1F)OCCO3. The van der Waals surface area contributed by atoms with Gasteiger partial charge in [-0.05, 0) is 36.8 Å². The van der Waals surface area contributed by atoms with Gasteiger partial charge in [-0.15, -0.1) is 0 Å². The van der Waals surface area contributed by atoms with Crippen LogP contribution in [0.4, 0.5) is 10.1 Å². The van der Waals surface area contributed by atoms with Gasteiger partial charge in [0.1, 0.15) is 24.1 Å². The van der Waals surface area contributed by atoms with Crippen molar-refractivity contribution in [1.29, 1.82) is 0 Å². The van der Waals surface area contributed by atoms with Crippen molar-refractivity contribution in [2.45, 2.75) is 11.9 Å². The van der Waals surface area contributed by atoms with Crippen LogP contribution in [0.5, 0.6) is 11.5 Å². The minimum atomic E-state index is -0.456. The molecule has 0 saturated carbocycles. The number of fused-ring (bicyclic) bond motifs is 2. The van der Waals surface area contributed by atoms with E-state index in [1.165, 1.54) is 23.9 Å². The molecule has 0 aliphatic carbocycles. The molecule has 5 nitrogen and oxygen atoms in total. The third-order valence-electron chi connectivity index (χ3n) is 4.11. The first kappa shape index (κ1) is 17.6. The van der Waals surface area contributed by atoms with Gasteiger partial charge in [0.05, 0.1) is 17.0 Å². The fraction of sp³-hybridized carbons (Fsp3) is 0.200. The number of rotatable bonds is 4. The highest BCUT2D eigenvalue weighted by Gasteiger charge is 2.15. The van der Waals surface area contributed by atoms with E-state index in [1.54, 1.807) is 12.1 Å². The number of aryl methyl sites for hydroxylation is 1. The van der Waals surface area contributed by atoms with E-state index in [9.17, 15) is 9.18 Å². The molecule has 0 unspecified atom stereocenters. The third-order valence-corrected chi connectivity index (χ3v) is 5.20. The highest BCUT2D eigenvalue weighted by molar-refractivity contribution is 8.00. The Morgan fingerprint density at radius 1 is 1.19 bits per heavy atom. The first-order valence-electron chi connectivity index (χ1n) is 8.48. The summed E-state index contributed by atoms with van der Waals surface area (Å²) in [5.74, 6) is 0.799. The molecule has 0 spiro atoms. The summed E-state index contributed by atoms with van der Waals surface area (Å²) in [5.41, 5.74) is 1.92. The molecule has 0 fully saturated rings. The maximum atomic E-state index is 13.6. The smallest absolute Gasteiger partial charge is 0.234 e. The number of carbonyl (C=O) groups is 1. The maximum absolute atomic E-state index is 13.6. The number of benzene rings is 2. The molecule has 138 valence electrons. The zero-order valence-corrected chi connectivity index (χ0v) is 15.4. The maximum Gasteiger partial charge on any atom is 0.234 e. The Morgan fingerprint density at radius 2 is 1.93 bits per heavy atom. The third kappa shape index (κ3) is 3.83. The number of pyridine rings is 1. The van der Waals surface area contributed by atoms with Gasteiger partial charge < -0.3 is 14.8 Å². The number of ether oxygens (including phenoxy) is 2. The predicted molar refractivity (Wildman–Crippen MR) is 103 cm³/mol. The Morgan fingerprint density at radius 3 is 2.70 bits per heavy atom. The zero-order valence-electron chi connectivity index (χ0n) is 14.6. The summed E-state index contributed by atoms with van der Waals surface area (Å²) >= 11 is 1.31. The lowest BCUT2D eigenvalue weighted by Gasteiger charge is -2.19. The van der Waals surface area contributed by atoms with Crippen LogP contribution in [-0.4, -0.2) is 29.9 Å².